The predicted molar refractivity (Wildman–Crippen MR) is 127 cm³/mol. The second-order valence-electron chi connectivity index (χ2n) is 5.53. The number of thiophene rings is 1. The van der Waals surface area contributed by atoms with Gasteiger partial charge in [-0.25, -0.2) is 0 Å². The van der Waals surface area contributed by atoms with Gasteiger partial charge in [0.05, 0.1) is 0 Å². The zero-order valence-corrected chi connectivity index (χ0v) is 18.0. The van der Waals surface area contributed by atoms with Crippen molar-refractivity contribution in [2.45, 2.75) is 27.7 Å². The van der Waals surface area contributed by atoms with Crippen LogP contribution in [0.2, 0.25) is 0 Å². The molecule has 0 aliphatic rings. The van der Waals surface area contributed by atoms with Crippen molar-refractivity contribution in [2.24, 2.45) is 0 Å². The molecule has 0 fully saturated rings. The van der Waals surface area contributed by atoms with E-state index >= 15 is 0 Å². The molecular weight excluding hydrogens is 358 g/mol. The summed E-state index contributed by atoms with van der Waals surface area (Å²) in [5.41, 5.74) is 4.74. The van der Waals surface area contributed by atoms with E-state index in [9.17, 15) is 0 Å². The average Bonchev–Trinajstić information content (AvgIpc) is 3.34. The van der Waals surface area contributed by atoms with Crippen LogP contribution in [0.3, 0.4) is 0 Å². The maximum absolute atomic E-state index is 2.28. The van der Waals surface area contributed by atoms with Crippen molar-refractivity contribution in [1.29, 1.82) is 0 Å². The molecule has 0 saturated carbocycles. The van der Waals surface area contributed by atoms with Gasteiger partial charge in [0.15, 0.2) is 0 Å². The molecule has 4 rings (SSSR count). The van der Waals surface area contributed by atoms with E-state index in [4.69, 9.17) is 0 Å². The van der Waals surface area contributed by atoms with Crippen LogP contribution in [0.25, 0.3) is 10.4 Å². The molecule has 1 nitrogen and oxygen atoms in total. The molecule has 1 heterocycles. The van der Waals surface area contributed by atoms with Crippen LogP contribution in [-0.4, -0.2) is 0 Å². The minimum Gasteiger partial charge on any atom is -0.311 e. The van der Waals surface area contributed by atoms with E-state index in [0.29, 0.717) is 0 Å². The van der Waals surface area contributed by atoms with Crippen molar-refractivity contribution >= 4 is 28.4 Å². The van der Waals surface area contributed by atoms with Crippen molar-refractivity contribution < 1.29 is 0 Å². The topological polar surface area (TPSA) is 3.24 Å². The zero-order valence-electron chi connectivity index (χ0n) is 17.2. The summed E-state index contributed by atoms with van der Waals surface area (Å²) in [5, 5.41) is 2.11. The van der Waals surface area contributed by atoms with Gasteiger partial charge in [-0.3, -0.25) is 0 Å². The van der Waals surface area contributed by atoms with E-state index in [1.807, 2.05) is 39.8 Å². The van der Waals surface area contributed by atoms with Crippen LogP contribution in [0.5, 0.6) is 0 Å². The molecule has 0 N–H and O–H groups in total. The largest absolute Gasteiger partial charge is 0.311 e. The molecule has 0 spiro atoms. The summed E-state index contributed by atoms with van der Waals surface area (Å²) in [6, 6.07) is 34.0. The van der Waals surface area contributed by atoms with Crippen LogP contribution in [0, 0.1) is 0 Å². The first-order valence-corrected chi connectivity index (χ1v) is 10.8. The third kappa shape index (κ3) is 5.34. The lowest BCUT2D eigenvalue weighted by molar-refractivity contribution is 1.28. The molecule has 144 valence electrons. The molecule has 4 aromatic rings. The maximum atomic E-state index is 2.28. The summed E-state index contributed by atoms with van der Waals surface area (Å²) in [7, 11) is 0. The van der Waals surface area contributed by atoms with Crippen LogP contribution >= 0.6 is 11.3 Å². The standard InChI is InChI=1S/C22H17NS.2C2H6/c1-3-8-19(9-4-1)23(20-10-5-2-6-11-20)21-15-13-18(14-16-21)22-12-7-17-24-22;2*1-2/h1-17H;2*1-2H3. The quantitative estimate of drug-likeness (QED) is 0.338. The van der Waals surface area contributed by atoms with Gasteiger partial charge in [-0.1, -0.05) is 82.3 Å². The van der Waals surface area contributed by atoms with Crippen molar-refractivity contribution in [2.75, 3.05) is 4.90 Å². The molecule has 28 heavy (non-hydrogen) atoms. The molecule has 1 aromatic heterocycles. The predicted octanol–water partition coefficient (Wildman–Crippen LogP) is 8.94. The monoisotopic (exact) mass is 387 g/mol. The first-order chi connectivity index (χ1) is 13.9. The number of rotatable bonds is 4. The number of anilines is 3. The van der Waals surface area contributed by atoms with Crippen LogP contribution in [0.1, 0.15) is 27.7 Å². The molecular formula is C26H29NS. The van der Waals surface area contributed by atoms with Gasteiger partial charge < -0.3 is 4.90 Å². The normalized spacial score (nSPS) is 9.43. The number of benzene rings is 3. The third-order valence-electron chi connectivity index (χ3n) is 3.96. The van der Waals surface area contributed by atoms with E-state index in [1.54, 1.807) is 11.3 Å². The Kier molecular flexibility index (Phi) is 9.03. The summed E-state index contributed by atoms with van der Waals surface area (Å²) in [4.78, 5) is 3.57. The Morgan fingerprint density at radius 2 is 0.964 bits per heavy atom. The van der Waals surface area contributed by atoms with Crippen molar-refractivity contribution in [3.63, 3.8) is 0 Å². The lowest BCUT2D eigenvalue weighted by Crippen LogP contribution is -2.09. The summed E-state index contributed by atoms with van der Waals surface area (Å²) in [6.07, 6.45) is 0. The Hall–Kier alpha value is -2.84. The first kappa shape index (κ1) is 21.5. The van der Waals surface area contributed by atoms with Gasteiger partial charge in [-0.2, -0.15) is 0 Å². The minimum absolute atomic E-state index is 1.16. The molecule has 0 atom stereocenters. The SMILES string of the molecule is CC.CC.c1ccc(N(c2ccccc2)c2ccc(-c3cccs3)cc2)cc1. The molecule has 0 amide bonds. The molecule has 0 aliphatic carbocycles. The Morgan fingerprint density at radius 1 is 0.500 bits per heavy atom. The highest BCUT2D eigenvalue weighted by atomic mass is 32.1. The van der Waals surface area contributed by atoms with E-state index < -0.39 is 0 Å². The molecule has 0 radical (unpaired) electrons. The molecule has 0 unspecified atom stereocenters. The number of hydrogen-bond acceptors (Lipinski definition) is 2. The van der Waals surface area contributed by atoms with Gasteiger partial charge in [0.2, 0.25) is 0 Å². The van der Waals surface area contributed by atoms with Crippen molar-refractivity contribution in [3.05, 3.63) is 102 Å². The molecule has 3 aromatic carbocycles. The lowest BCUT2D eigenvalue weighted by Gasteiger charge is -2.25. The second kappa shape index (κ2) is 11.8. The zero-order chi connectivity index (χ0) is 20.2. The first-order valence-electron chi connectivity index (χ1n) is 9.96. The Morgan fingerprint density at radius 3 is 1.39 bits per heavy atom. The number of para-hydroxylation sites is 2. The van der Waals surface area contributed by atoms with Crippen molar-refractivity contribution in [3.8, 4) is 10.4 Å². The van der Waals surface area contributed by atoms with E-state index in [-0.39, 0.29) is 0 Å². The minimum atomic E-state index is 1.16. The average molecular weight is 388 g/mol. The third-order valence-corrected chi connectivity index (χ3v) is 4.88. The van der Waals surface area contributed by atoms with Gasteiger partial charge >= 0.3 is 0 Å². The van der Waals surface area contributed by atoms with Gasteiger partial charge in [0.25, 0.3) is 0 Å². The maximum Gasteiger partial charge on any atom is 0.0462 e. The van der Waals surface area contributed by atoms with E-state index in [0.717, 1.165) is 17.1 Å². The Labute approximate surface area is 173 Å². The van der Waals surface area contributed by atoms with E-state index in [1.165, 1.54) is 10.4 Å². The fourth-order valence-corrected chi connectivity index (χ4v) is 3.55. The van der Waals surface area contributed by atoms with Crippen LogP contribution in [0.15, 0.2) is 102 Å². The highest BCUT2D eigenvalue weighted by molar-refractivity contribution is 7.13. The number of hydrogen-bond donors (Lipinski definition) is 0. The highest BCUT2D eigenvalue weighted by Crippen LogP contribution is 2.35. The van der Waals surface area contributed by atoms with Gasteiger partial charge in [0.1, 0.15) is 0 Å². The summed E-state index contributed by atoms with van der Waals surface area (Å²) in [6.45, 7) is 8.00. The molecule has 0 aliphatic heterocycles. The van der Waals surface area contributed by atoms with Crippen LogP contribution < -0.4 is 4.90 Å². The Bertz CT molecular complexity index is 843. The highest BCUT2D eigenvalue weighted by Gasteiger charge is 2.11. The molecule has 0 saturated heterocycles. The fraction of sp³-hybridized carbons (Fsp3) is 0.154. The summed E-state index contributed by atoms with van der Waals surface area (Å²) >= 11 is 1.77. The second-order valence-corrected chi connectivity index (χ2v) is 6.48. The van der Waals surface area contributed by atoms with E-state index in [2.05, 4.69) is 95.2 Å². The van der Waals surface area contributed by atoms with Gasteiger partial charge in [-0.15, -0.1) is 11.3 Å². The molecule has 0 bridgehead atoms. The van der Waals surface area contributed by atoms with Gasteiger partial charge in [0, 0.05) is 21.9 Å². The Balaban J connectivity index is 0.000000660. The van der Waals surface area contributed by atoms with Crippen LogP contribution in [0.4, 0.5) is 17.1 Å². The summed E-state index contributed by atoms with van der Waals surface area (Å²) in [5.74, 6) is 0. The summed E-state index contributed by atoms with van der Waals surface area (Å²) < 4.78 is 0. The lowest BCUT2D eigenvalue weighted by atomic mass is 10.1. The smallest absolute Gasteiger partial charge is 0.0462 e. The van der Waals surface area contributed by atoms with Crippen molar-refractivity contribution in [1.82, 2.24) is 0 Å². The van der Waals surface area contributed by atoms with Crippen LogP contribution in [-0.2, 0) is 0 Å². The number of nitrogens with zero attached hydrogens (tertiary/aromatic N) is 1. The van der Waals surface area contributed by atoms with Gasteiger partial charge in [-0.05, 0) is 53.4 Å². The molecule has 2 heteroatoms. The fourth-order valence-electron chi connectivity index (χ4n) is 2.82.